The predicted molar refractivity (Wildman–Crippen MR) is 104 cm³/mol. The largest absolute Gasteiger partial charge is 0.475 e. The zero-order valence-electron chi connectivity index (χ0n) is 15.6. The summed E-state index contributed by atoms with van der Waals surface area (Å²) in [6.45, 7) is 6.80. The Morgan fingerprint density at radius 2 is 1.58 bits per heavy atom. The number of nitrogens with two attached hydrogens (primary N) is 1. The number of carboxylic acid groups (broad SMARTS) is 1. The lowest BCUT2D eigenvalue weighted by molar-refractivity contribution is -0.150. The molecule has 0 heterocycles. The summed E-state index contributed by atoms with van der Waals surface area (Å²) in [7, 11) is 0. The third kappa shape index (κ3) is 7.38. The van der Waals surface area contributed by atoms with Crippen molar-refractivity contribution in [1.29, 1.82) is 0 Å². The van der Waals surface area contributed by atoms with Crippen molar-refractivity contribution >= 4 is 45.5 Å². The van der Waals surface area contributed by atoms with Gasteiger partial charge in [0.25, 0.3) is 5.78 Å². The normalized spacial score (nSPS) is 27.2. The molecule has 148 valence electrons. The summed E-state index contributed by atoms with van der Waals surface area (Å²) >= 11 is 2.37. The summed E-state index contributed by atoms with van der Waals surface area (Å²) < 4.78 is 0. The first-order chi connectivity index (χ1) is 12.0. The fourth-order valence-corrected chi connectivity index (χ4v) is 5.49. The Balaban J connectivity index is 2.92. The molecule has 9 heteroatoms. The van der Waals surface area contributed by atoms with Gasteiger partial charge in [0.05, 0.1) is 6.04 Å². The number of nitrogens with one attached hydrogen (secondary N) is 1. The molecule has 0 radical (unpaired) electrons. The van der Waals surface area contributed by atoms with Crippen molar-refractivity contribution in [1.82, 2.24) is 5.32 Å². The zero-order chi connectivity index (χ0) is 20.0. The average molecular weight is 405 g/mol. The van der Waals surface area contributed by atoms with Gasteiger partial charge < -0.3 is 16.2 Å². The highest BCUT2D eigenvalue weighted by molar-refractivity contribution is 8.17. The van der Waals surface area contributed by atoms with Gasteiger partial charge in [-0.1, -0.05) is 37.4 Å². The second-order valence-corrected chi connectivity index (χ2v) is 9.89. The molecule has 1 fully saturated rings. The van der Waals surface area contributed by atoms with Crippen LogP contribution in [0.5, 0.6) is 0 Å². The molecule has 0 aliphatic heterocycles. The summed E-state index contributed by atoms with van der Waals surface area (Å²) in [6, 6.07) is -1.43. The summed E-state index contributed by atoms with van der Waals surface area (Å²) in [4.78, 5) is 46.2. The van der Waals surface area contributed by atoms with Crippen LogP contribution in [0, 0.1) is 5.92 Å². The number of carbonyl (C=O) groups excluding carboxylic acids is 3. The topological polar surface area (TPSA) is 127 Å². The Labute approximate surface area is 162 Å². The molecule has 1 aliphatic rings. The number of Topliss-reactive ketones (excluding diaryl/α,β-unsaturated/α-hetero) is 1. The molecule has 4 N–H and O–H groups in total. The number of thioether (sulfide) groups is 2. The van der Waals surface area contributed by atoms with Crippen molar-refractivity contribution in [3.05, 3.63) is 0 Å². The number of rotatable bonds is 8. The van der Waals surface area contributed by atoms with E-state index in [-0.39, 0.29) is 38.7 Å². The van der Waals surface area contributed by atoms with Gasteiger partial charge in [-0.05, 0) is 25.2 Å². The summed E-state index contributed by atoms with van der Waals surface area (Å²) in [5, 5.41) is 11.9. The third-order valence-electron chi connectivity index (χ3n) is 4.21. The maximum atomic E-state index is 12.0. The Morgan fingerprint density at radius 1 is 1.08 bits per heavy atom. The van der Waals surface area contributed by atoms with E-state index in [1.807, 2.05) is 13.8 Å². The van der Waals surface area contributed by atoms with E-state index < -0.39 is 17.8 Å². The van der Waals surface area contributed by atoms with E-state index in [4.69, 9.17) is 10.8 Å². The van der Waals surface area contributed by atoms with Crippen LogP contribution in [-0.2, 0) is 19.2 Å². The maximum Gasteiger partial charge on any atom is 0.373 e. The van der Waals surface area contributed by atoms with E-state index in [9.17, 15) is 19.2 Å². The number of aliphatic carboxylic acids is 1. The molecule has 0 spiro atoms. The van der Waals surface area contributed by atoms with Crippen LogP contribution >= 0.6 is 23.5 Å². The quantitative estimate of drug-likeness (QED) is 0.515. The van der Waals surface area contributed by atoms with E-state index in [1.165, 1.54) is 37.4 Å². The van der Waals surface area contributed by atoms with E-state index in [0.29, 0.717) is 19.3 Å². The molecule has 0 saturated heterocycles. The van der Waals surface area contributed by atoms with Crippen LogP contribution in [0.1, 0.15) is 47.0 Å². The van der Waals surface area contributed by atoms with Gasteiger partial charge >= 0.3 is 5.97 Å². The van der Waals surface area contributed by atoms with E-state index >= 15 is 0 Å². The van der Waals surface area contributed by atoms with Gasteiger partial charge in [0.15, 0.2) is 10.2 Å². The van der Waals surface area contributed by atoms with Gasteiger partial charge in [0, 0.05) is 36.4 Å². The van der Waals surface area contributed by atoms with Gasteiger partial charge in [-0.2, -0.15) is 0 Å². The fraction of sp³-hybridized carbons (Fsp3) is 0.765. The SMILES string of the molecule is CC(=O)SC1CC(N)C(N[C@@H](CC(C)C)C(=O)C(=O)O)CC1SC(C)=O. The van der Waals surface area contributed by atoms with Crippen LogP contribution in [0.2, 0.25) is 0 Å². The molecule has 1 saturated carbocycles. The molecule has 0 aromatic rings. The Morgan fingerprint density at radius 3 is 2.00 bits per heavy atom. The summed E-state index contributed by atoms with van der Waals surface area (Å²) in [5.41, 5.74) is 6.25. The predicted octanol–water partition coefficient (Wildman–Crippen LogP) is 1.43. The molecule has 1 rings (SSSR count). The number of ketones is 1. The van der Waals surface area contributed by atoms with Crippen molar-refractivity contribution in [3.63, 3.8) is 0 Å². The smallest absolute Gasteiger partial charge is 0.373 e. The van der Waals surface area contributed by atoms with Gasteiger partial charge in [0.1, 0.15) is 0 Å². The molecule has 0 amide bonds. The monoisotopic (exact) mass is 404 g/mol. The van der Waals surface area contributed by atoms with Crippen molar-refractivity contribution in [3.8, 4) is 0 Å². The lowest BCUT2D eigenvalue weighted by Gasteiger charge is -2.40. The Kier molecular flexibility index (Phi) is 9.29. The van der Waals surface area contributed by atoms with Crippen LogP contribution < -0.4 is 11.1 Å². The molecule has 7 nitrogen and oxygen atoms in total. The minimum Gasteiger partial charge on any atom is -0.475 e. The number of carbonyl (C=O) groups is 4. The summed E-state index contributed by atoms with van der Waals surface area (Å²) in [5.74, 6) is -2.20. The molecule has 26 heavy (non-hydrogen) atoms. The average Bonchev–Trinajstić information content (AvgIpc) is 2.48. The first kappa shape index (κ1) is 23.1. The van der Waals surface area contributed by atoms with Gasteiger partial charge in [-0.3, -0.25) is 14.4 Å². The number of carboxylic acids is 1. The van der Waals surface area contributed by atoms with Crippen LogP contribution in [0.3, 0.4) is 0 Å². The highest BCUT2D eigenvalue weighted by Crippen LogP contribution is 2.37. The molecule has 1 aliphatic carbocycles. The molecular formula is C17H28N2O5S2. The van der Waals surface area contributed by atoms with Crippen molar-refractivity contribution in [2.45, 2.75) is 75.6 Å². The fourth-order valence-electron chi connectivity index (χ4n) is 3.16. The second kappa shape index (κ2) is 10.4. The Bertz CT molecular complexity index is 555. The zero-order valence-corrected chi connectivity index (χ0v) is 17.2. The van der Waals surface area contributed by atoms with Crippen LogP contribution in [0.15, 0.2) is 0 Å². The minimum atomic E-state index is -1.47. The van der Waals surface area contributed by atoms with Crippen LogP contribution in [-0.4, -0.2) is 55.7 Å². The van der Waals surface area contributed by atoms with Gasteiger partial charge in [-0.25, -0.2) is 4.79 Å². The number of hydrogen-bond donors (Lipinski definition) is 3. The molecule has 5 atom stereocenters. The van der Waals surface area contributed by atoms with Crippen molar-refractivity contribution in [2.75, 3.05) is 0 Å². The minimum absolute atomic E-state index is 0.0264. The molecule has 0 aromatic carbocycles. The van der Waals surface area contributed by atoms with E-state index in [1.54, 1.807) is 0 Å². The highest BCUT2D eigenvalue weighted by atomic mass is 32.2. The first-order valence-corrected chi connectivity index (χ1v) is 10.4. The molecule has 0 bridgehead atoms. The van der Waals surface area contributed by atoms with Gasteiger partial charge in [0.2, 0.25) is 0 Å². The second-order valence-electron chi connectivity index (χ2n) is 7.06. The molecule has 0 aromatic heterocycles. The third-order valence-corrected chi connectivity index (χ3v) is 6.69. The van der Waals surface area contributed by atoms with Crippen LogP contribution in [0.25, 0.3) is 0 Å². The molecular weight excluding hydrogens is 376 g/mol. The lowest BCUT2D eigenvalue weighted by atomic mass is 9.88. The van der Waals surface area contributed by atoms with E-state index in [0.717, 1.165) is 0 Å². The van der Waals surface area contributed by atoms with Crippen molar-refractivity contribution in [2.24, 2.45) is 11.7 Å². The highest BCUT2D eigenvalue weighted by Gasteiger charge is 2.39. The number of hydrogen-bond acceptors (Lipinski definition) is 8. The standard InChI is InChI=1S/C17H28N2O5S2/c1-8(2)5-13(16(22)17(23)24)19-12-7-15(26-10(4)21)14(6-11(12)18)25-9(3)20/h8,11-15,19H,5-7,18H2,1-4H3,(H,23,24)/t11?,12?,13-,14?,15?/m0/s1. The Hall–Kier alpha value is -0.900. The maximum absolute atomic E-state index is 12.0. The van der Waals surface area contributed by atoms with Gasteiger partial charge in [-0.15, -0.1) is 0 Å². The van der Waals surface area contributed by atoms with Crippen LogP contribution in [0.4, 0.5) is 0 Å². The van der Waals surface area contributed by atoms with E-state index in [2.05, 4.69) is 5.32 Å². The molecule has 4 unspecified atom stereocenters. The summed E-state index contributed by atoms with van der Waals surface area (Å²) in [6.07, 6.45) is 1.41. The lowest BCUT2D eigenvalue weighted by Crippen LogP contribution is -2.58. The van der Waals surface area contributed by atoms with Crippen molar-refractivity contribution < 1.29 is 24.3 Å². The first-order valence-electron chi connectivity index (χ1n) is 8.64.